The van der Waals surface area contributed by atoms with Crippen LogP contribution in [0, 0.1) is 0 Å². The Balaban J connectivity index is 1.39. The van der Waals surface area contributed by atoms with E-state index in [1.165, 1.54) is 0 Å². The smallest absolute Gasteiger partial charge is 0.248 e. The molecule has 0 saturated carbocycles. The first-order valence-corrected chi connectivity index (χ1v) is 11.5. The number of nitrogen functional groups attached to an aromatic ring is 1. The lowest BCUT2D eigenvalue weighted by atomic mass is 10.1. The van der Waals surface area contributed by atoms with Crippen LogP contribution < -0.4 is 11.5 Å². The summed E-state index contributed by atoms with van der Waals surface area (Å²) >= 11 is 0. The lowest BCUT2D eigenvalue weighted by molar-refractivity contribution is 0.100. The number of unbranched alkanes of at least 4 members (excludes halogenated alkanes) is 1. The van der Waals surface area contributed by atoms with Gasteiger partial charge in [0.1, 0.15) is 11.3 Å². The minimum Gasteiger partial charge on any atom is -0.384 e. The second-order valence-electron chi connectivity index (χ2n) is 8.49. The number of methoxy groups -OCH3 is 1. The maximum Gasteiger partial charge on any atom is 0.248 e. The summed E-state index contributed by atoms with van der Waals surface area (Å²) in [4.78, 5) is 20.8. The van der Waals surface area contributed by atoms with Gasteiger partial charge in [-0.3, -0.25) is 4.79 Å². The number of para-hydroxylation sites is 1. The van der Waals surface area contributed by atoms with Crippen molar-refractivity contribution < 1.29 is 9.53 Å². The van der Waals surface area contributed by atoms with Gasteiger partial charge in [0, 0.05) is 54.7 Å². The third kappa shape index (κ3) is 3.97. The van der Waals surface area contributed by atoms with E-state index in [1.54, 1.807) is 13.2 Å². The number of amides is 1. The molecule has 0 fully saturated rings. The highest BCUT2D eigenvalue weighted by molar-refractivity contribution is 6.06. The topological polar surface area (TPSA) is 114 Å². The van der Waals surface area contributed by atoms with E-state index in [0.29, 0.717) is 24.4 Å². The molecule has 34 heavy (non-hydrogen) atoms. The van der Waals surface area contributed by atoms with Gasteiger partial charge in [0.15, 0.2) is 5.82 Å². The van der Waals surface area contributed by atoms with Gasteiger partial charge in [0.05, 0.1) is 17.6 Å². The zero-order valence-corrected chi connectivity index (χ0v) is 19.2. The number of fused-ring (bicyclic) bond motifs is 4. The Morgan fingerprint density at radius 3 is 2.71 bits per heavy atom. The fourth-order valence-electron chi connectivity index (χ4n) is 4.63. The predicted molar refractivity (Wildman–Crippen MR) is 135 cm³/mol. The largest absolute Gasteiger partial charge is 0.384 e. The number of aryl methyl sites for hydroxylation is 2. The Morgan fingerprint density at radius 2 is 1.88 bits per heavy atom. The Bertz CT molecular complexity index is 1500. The maximum absolute atomic E-state index is 11.5. The highest BCUT2D eigenvalue weighted by Crippen LogP contribution is 2.29. The molecule has 0 aliphatic rings. The monoisotopic (exact) mass is 456 g/mol. The number of primary amides is 1. The molecular formula is C26H28N6O2. The van der Waals surface area contributed by atoms with E-state index >= 15 is 0 Å². The summed E-state index contributed by atoms with van der Waals surface area (Å²) in [5.41, 5.74) is 16.0. The van der Waals surface area contributed by atoms with Crippen molar-refractivity contribution in [1.82, 2.24) is 19.1 Å². The minimum absolute atomic E-state index is 0.408. The van der Waals surface area contributed by atoms with Crippen molar-refractivity contribution in [2.45, 2.75) is 32.4 Å². The Hall–Kier alpha value is -3.91. The molecule has 3 aromatic heterocycles. The number of carbonyl (C=O) groups is 1. The van der Waals surface area contributed by atoms with Crippen LogP contribution in [0.3, 0.4) is 0 Å². The first-order valence-electron chi connectivity index (χ1n) is 11.5. The third-order valence-corrected chi connectivity index (χ3v) is 6.31. The number of rotatable bonds is 9. The molecule has 5 aromatic rings. The molecule has 1 amide bonds. The number of hydrogen-bond acceptors (Lipinski definition) is 5. The predicted octanol–water partition coefficient (Wildman–Crippen LogP) is 3.89. The summed E-state index contributed by atoms with van der Waals surface area (Å²) in [6.07, 6.45) is 4.74. The van der Waals surface area contributed by atoms with Gasteiger partial charge < -0.3 is 25.3 Å². The molecule has 2 aromatic carbocycles. The molecule has 0 radical (unpaired) electrons. The number of anilines is 1. The number of carbonyl (C=O) groups excluding carboxylic acids is 1. The number of benzene rings is 2. The van der Waals surface area contributed by atoms with Crippen molar-refractivity contribution in [2.75, 3.05) is 19.5 Å². The lowest BCUT2D eigenvalue weighted by Gasteiger charge is -2.12. The molecule has 174 valence electrons. The lowest BCUT2D eigenvalue weighted by Crippen LogP contribution is -2.10. The molecule has 0 aliphatic carbocycles. The molecule has 0 atom stereocenters. The van der Waals surface area contributed by atoms with E-state index in [2.05, 4.69) is 26.4 Å². The Labute approximate surface area is 197 Å². The Kier molecular flexibility index (Phi) is 5.90. The molecule has 4 N–H and O–H groups in total. The van der Waals surface area contributed by atoms with Gasteiger partial charge in [-0.25, -0.2) is 9.97 Å². The zero-order chi connectivity index (χ0) is 23.7. The van der Waals surface area contributed by atoms with Crippen LogP contribution in [0.25, 0.3) is 32.8 Å². The number of aromatic nitrogens is 4. The fourth-order valence-corrected chi connectivity index (χ4v) is 4.63. The molecule has 0 unspecified atom stereocenters. The van der Waals surface area contributed by atoms with Crippen LogP contribution in [0.4, 0.5) is 5.82 Å². The van der Waals surface area contributed by atoms with Crippen LogP contribution in [0.15, 0.2) is 54.7 Å². The van der Waals surface area contributed by atoms with Crippen LogP contribution in [-0.2, 0) is 24.2 Å². The number of pyridine rings is 1. The zero-order valence-electron chi connectivity index (χ0n) is 19.2. The highest BCUT2D eigenvalue weighted by atomic mass is 16.5. The van der Waals surface area contributed by atoms with Gasteiger partial charge in [-0.15, -0.1) is 0 Å². The molecule has 5 rings (SSSR count). The summed E-state index contributed by atoms with van der Waals surface area (Å²) < 4.78 is 9.82. The summed E-state index contributed by atoms with van der Waals surface area (Å²) in [5, 5.41) is 2.08. The average Bonchev–Trinajstić information content (AvgIpc) is 3.42. The average molecular weight is 457 g/mol. The quantitative estimate of drug-likeness (QED) is 0.327. The van der Waals surface area contributed by atoms with Crippen LogP contribution >= 0.6 is 0 Å². The second-order valence-corrected chi connectivity index (χ2v) is 8.49. The SMILES string of the molecule is COCCc1nc2c(N)nc3ccccc3c2n1CCCCn1ccc2cc(C(N)=O)ccc21. The molecule has 8 heteroatoms. The van der Waals surface area contributed by atoms with Crippen LogP contribution in [-0.4, -0.2) is 38.7 Å². The fraction of sp³-hybridized carbons (Fsp3) is 0.269. The number of imidazole rings is 1. The Morgan fingerprint density at radius 1 is 1.06 bits per heavy atom. The standard InChI is InChI=1S/C26H28N6O2/c1-34-15-11-22-30-23-24(19-6-2-3-7-20(19)29-25(23)27)32(22)13-5-4-12-31-14-10-17-16-18(26(28)33)8-9-21(17)31/h2-3,6-10,14,16H,4-5,11-13,15H2,1H3,(H2,27,29)(H2,28,33). The minimum atomic E-state index is -0.408. The van der Waals surface area contributed by atoms with Gasteiger partial charge in [-0.1, -0.05) is 18.2 Å². The van der Waals surface area contributed by atoms with Gasteiger partial charge in [-0.05, 0) is 43.2 Å². The van der Waals surface area contributed by atoms with E-state index in [-0.39, 0.29) is 0 Å². The third-order valence-electron chi connectivity index (χ3n) is 6.31. The molecule has 0 saturated heterocycles. The number of nitrogens with two attached hydrogens (primary N) is 2. The summed E-state index contributed by atoms with van der Waals surface area (Å²) in [5.74, 6) is 1.02. The summed E-state index contributed by atoms with van der Waals surface area (Å²) in [6.45, 7) is 2.30. The molecule has 8 nitrogen and oxygen atoms in total. The van der Waals surface area contributed by atoms with Crippen LogP contribution in [0.1, 0.15) is 29.0 Å². The van der Waals surface area contributed by atoms with Crippen molar-refractivity contribution in [2.24, 2.45) is 5.73 Å². The van der Waals surface area contributed by atoms with Gasteiger partial charge in [-0.2, -0.15) is 0 Å². The maximum atomic E-state index is 11.5. The summed E-state index contributed by atoms with van der Waals surface area (Å²) in [6, 6.07) is 15.7. The number of hydrogen-bond donors (Lipinski definition) is 2. The van der Waals surface area contributed by atoms with Crippen molar-refractivity contribution in [3.8, 4) is 0 Å². The second kappa shape index (κ2) is 9.15. The van der Waals surface area contributed by atoms with E-state index in [4.69, 9.17) is 21.2 Å². The van der Waals surface area contributed by atoms with Crippen molar-refractivity contribution in [3.63, 3.8) is 0 Å². The molecule has 3 heterocycles. The van der Waals surface area contributed by atoms with Crippen LogP contribution in [0.5, 0.6) is 0 Å². The highest BCUT2D eigenvalue weighted by Gasteiger charge is 2.17. The molecule has 0 aliphatic heterocycles. The van der Waals surface area contributed by atoms with E-state index in [9.17, 15) is 4.79 Å². The summed E-state index contributed by atoms with van der Waals surface area (Å²) in [7, 11) is 1.70. The van der Waals surface area contributed by atoms with E-state index in [0.717, 1.165) is 64.6 Å². The number of ether oxygens (including phenoxy) is 1. The van der Waals surface area contributed by atoms with Gasteiger partial charge in [0.25, 0.3) is 0 Å². The first kappa shape index (κ1) is 21.9. The number of nitrogens with zero attached hydrogens (tertiary/aromatic N) is 4. The van der Waals surface area contributed by atoms with Gasteiger partial charge in [0.2, 0.25) is 5.91 Å². The van der Waals surface area contributed by atoms with Crippen LogP contribution in [0.2, 0.25) is 0 Å². The molecule has 0 bridgehead atoms. The molecular weight excluding hydrogens is 428 g/mol. The van der Waals surface area contributed by atoms with Crippen molar-refractivity contribution >= 4 is 44.6 Å². The normalized spacial score (nSPS) is 11.7. The van der Waals surface area contributed by atoms with E-state index in [1.807, 2.05) is 36.4 Å². The first-order chi connectivity index (χ1) is 16.6. The van der Waals surface area contributed by atoms with Crippen molar-refractivity contribution in [3.05, 3.63) is 66.1 Å². The molecule has 0 spiro atoms. The van der Waals surface area contributed by atoms with E-state index < -0.39 is 5.91 Å². The van der Waals surface area contributed by atoms with Gasteiger partial charge >= 0.3 is 0 Å². The van der Waals surface area contributed by atoms with Crippen molar-refractivity contribution in [1.29, 1.82) is 0 Å².